The quantitative estimate of drug-likeness (QED) is 0.576. The summed E-state index contributed by atoms with van der Waals surface area (Å²) < 4.78 is 29.6. The number of rotatable bonds is 8. The lowest BCUT2D eigenvalue weighted by Crippen LogP contribution is -2.32. The molecule has 33 heavy (non-hydrogen) atoms. The zero-order chi connectivity index (χ0) is 24.0. The summed E-state index contributed by atoms with van der Waals surface area (Å²) in [6.07, 6.45) is 1.69. The van der Waals surface area contributed by atoms with Gasteiger partial charge >= 0.3 is 6.09 Å². The van der Waals surface area contributed by atoms with Crippen molar-refractivity contribution in [3.05, 3.63) is 46.3 Å². The van der Waals surface area contributed by atoms with Gasteiger partial charge in [0.2, 0.25) is 5.91 Å². The van der Waals surface area contributed by atoms with E-state index in [0.29, 0.717) is 22.9 Å². The number of amides is 3. The minimum Gasteiger partial charge on any atom is -0.450 e. The molecular formula is C23H28N2O6S2. The van der Waals surface area contributed by atoms with Crippen LogP contribution in [0.3, 0.4) is 0 Å². The Morgan fingerprint density at radius 3 is 2.61 bits per heavy atom. The third kappa shape index (κ3) is 6.42. The summed E-state index contributed by atoms with van der Waals surface area (Å²) in [6, 6.07) is 8.11. The number of sulfone groups is 1. The first kappa shape index (κ1) is 24.9. The number of thiophene rings is 1. The van der Waals surface area contributed by atoms with Crippen LogP contribution in [0.25, 0.3) is 0 Å². The van der Waals surface area contributed by atoms with Gasteiger partial charge in [0.25, 0.3) is 5.91 Å². The molecule has 8 nitrogen and oxygen atoms in total. The largest absolute Gasteiger partial charge is 0.450 e. The van der Waals surface area contributed by atoms with Crippen LogP contribution in [-0.4, -0.2) is 38.7 Å². The molecular weight excluding hydrogens is 464 g/mol. The summed E-state index contributed by atoms with van der Waals surface area (Å²) >= 11 is 1.34. The fourth-order valence-electron chi connectivity index (χ4n) is 3.76. The molecule has 0 bridgehead atoms. The average Bonchev–Trinajstić information content (AvgIpc) is 3.11. The summed E-state index contributed by atoms with van der Waals surface area (Å²) in [5.41, 5.74) is 1.14. The van der Waals surface area contributed by atoms with Gasteiger partial charge in [0.1, 0.15) is 5.00 Å². The number of imide groups is 1. The Bertz CT molecular complexity index is 1130. The normalized spacial score (nSPS) is 15.4. The average molecular weight is 493 g/mol. The van der Waals surface area contributed by atoms with Gasteiger partial charge in [-0.25, -0.2) is 13.2 Å². The van der Waals surface area contributed by atoms with Gasteiger partial charge in [-0.1, -0.05) is 25.1 Å². The van der Waals surface area contributed by atoms with Crippen LogP contribution in [0.1, 0.15) is 53.9 Å². The van der Waals surface area contributed by atoms with Crippen molar-refractivity contribution in [1.82, 2.24) is 5.32 Å². The van der Waals surface area contributed by atoms with E-state index in [9.17, 15) is 22.8 Å². The van der Waals surface area contributed by atoms with Crippen LogP contribution in [0.2, 0.25) is 0 Å². The molecule has 0 saturated carbocycles. The standard InChI is InChI=1S/C23H28N2O6S2/c1-3-31-23(28)25-21(27)20-17-12-11-15(2)14-18(17)32-22(20)24-19(26)10-7-13-33(29,30)16-8-5-4-6-9-16/h4-6,8-9,15H,3,7,10-14H2,1-2H3,(H,24,26)(H,25,27,28). The number of fused-ring (bicyclic) bond motifs is 1. The van der Waals surface area contributed by atoms with E-state index in [1.165, 1.54) is 23.5 Å². The number of carbonyl (C=O) groups excluding carboxylic acids is 3. The van der Waals surface area contributed by atoms with Crippen LogP contribution in [0, 0.1) is 5.92 Å². The summed E-state index contributed by atoms with van der Waals surface area (Å²) in [5, 5.41) is 5.36. The SMILES string of the molecule is CCOC(=O)NC(=O)c1c(NC(=O)CCCS(=O)(=O)c2ccccc2)sc2c1CCC(C)C2. The molecule has 0 spiro atoms. The van der Waals surface area contributed by atoms with E-state index in [1.54, 1.807) is 25.1 Å². The molecule has 3 rings (SSSR count). The van der Waals surface area contributed by atoms with Crippen LogP contribution in [0.15, 0.2) is 35.2 Å². The molecule has 1 atom stereocenters. The lowest BCUT2D eigenvalue weighted by atomic mass is 9.88. The van der Waals surface area contributed by atoms with Crippen molar-refractivity contribution in [1.29, 1.82) is 0 Å². The molecule has 0 saturated heterocycles. The van der Waals surface area contributed by atoms with Crippen LogP contribution in [0.5, 0.6) is 0 Å². The topological polar surface area (TPSA) is 119 Å². The smallest absolute Gasteiger partial charge is 0.414 e. The lowest BCUT2D eigenvalue weighted by molar-refractivity contribution is -0.116. The van der Waals surface area contributed by atoms with Gasteiger partial charge in [-0.15, -0.1) is 11.3 Å². The van der Waals surface area contributed by atoms with Crippen LogP contribution in [0.4, 0.5) is 9.80 Å². The minimum absolute atomic E-state index is 0.00995. The highest BCUT2D eigenvalue weighted by atomic mass is 32.2. The molecule has 0 radical (unpaired) electrons. The molecule has 178 valence electrons. The molecule has 2 aromatic rings. The van der Waals surface area contributed by atoms with E-state index in [4.69, 9.17) is 4.74 Å². The van der Waals surface area contributed by atoms with Crippen LogP contribution in [-0.2, 0) is 32.2 Å². The Morgan fingerprint density at radius 2 is 1.91 bits per heavy atom. The predicted molar refractivity (Wildman–Crippen MR) is 126 cm³/mol. The van der Waals surface area contributed by atoms with Gasteiger partial charge < -0.3 is 10.1 Å². The lowest BCUT2D eigenvalue weighted by Gasteiger charge is -2.18. The summed E-state index contributed by atoms with van der Waals surface area (Å²) in [6.45, 7) is 3.90. The van der Waals surface area contributed by atoms with Crippen molar-refractivity contribution >= 4 is 44.1 Å². The third-order valence-corrected chi connectivity index (χ3v) is 8.39. The fourth-order valence-corrected chi connectivity index (χ4v) is 6.52. The van der Waals surface area contributed by atoms with Gasteiger partial charge in [0.15, 0.2) is 9.84 Å². The second-order valence-electron chi connectivity index (χ2n) is 8.01. The monoisotopic (exact) mass is 492 g/mol. The number of alkyl carbamates (subject to hydrolysis) is 1. The molecule has 0 fully saturated rings. The Labute approximate surface area is 197 Å². The number of nitrogens with one attached hydrogen (secondary N) is 2. The summed E-state index contributed by atoms with van der Waals surface area (Å²) in [4.78, 5) is 38.4. The predicted octanol–water partition coefficient (Wildman–Crippen LogP) is 3.95. The van der Waals surface area contributed by atoms with Crippen molar-refractivity contribution in [2.24, 2.45) is 5.92 Å². The molecule has 1 unspecified atom stereocenters. The van der Waals surface area contributed by atoms with Crippen molar-refractivity contribution in [3.8, 4) is 0 Å². The van der Waals surface area contributed by atoms with Gasteiger partial charge in [0, 0.05) is 11.3 Å². The first-order valence-electron chi connectivity index (χ1n) is 10.9. The van der Waals surface area contributed by atoms with Crippen LogP contribution >= 0.6 is 11.3 Å². The van der Waals surface area contributed by atoms with E-state index < -0.39 is 21.8 Å². The van der Waals surface area contributed by atoms with Crippen molar-refractivity contribution < 1.29 is 27.5 Å². The van der Waals surface area contributed by atoms with E-state index in [0.717, 1.165) is 23.3 Å². The van der Waals surface area contributed by atoms with E-state index in [1.807, 2.05) is 0 Å². The number of anilines is 1. The molecule has 0 aliphatic heterocycles. The number of carbonyl (C=O) groups is 3. The molecule has 1 heterocycles. The Hall–Kier alpha value is -2.72. The number of hydrogen-bond donors (Lipinski definition) is 2. The Balaban J connectivity index is 1.69. The molecule has 2 N–H and O–H groups in total. The summed E-state index contributed by atoms with van der Waals surface area (Å²) in [5.74, 6) is -0.680. The van der Waals surface area contributed by atoms with Crippen molar-refractivity contribution in [2.75, 3.05) is 17.7 Å². The highest BCUT2D eigenvalue weighted by Gasteiger charge is 2.29. The number of benzene rings is 1. The van der Waals surface area contributed by atoms with Gasteiger partial charge in [-0.05, 0) is 56.2 Å². The maximum atomic E-state index is 12.8. The molecule has 1 aliphatic rings. The number of ether oxygens (including phenoxy) is 1. The highest BCUT2D eigenvalue weighted by molar-refractivity contribution is 7.91. The van der Waals surface area contributed by atoms with Crippen LogP contribution < -0.4 is 10.6 Å². The van der Waals surface area contributed by atoms with E-state index in [2.05, 4.69) is 17.6 Å². The Kier molecular flexibility index (Phi) is 8.25. The Morgan fingerprint density at radius 1 is 1.18 bits per heavy atom. The second kappa shape index (κ2) is 10.9. The molecule has 3 amide bonds. The first-order valence-corrected chi connectivity index (χ1v) is 13.4. The van der Waals surface area contributed by atoms with Gasteiger partial charge in [0.05, 0.1) is 22.8 Å². The maximum Gasteiger partial charge on any atom is 0.414 e. The van der Waals surface area contributed by atoms with Gasteiger partial charge in [-0.2, -0.15) is 0 Å². The summed E-state index contributed by atoms with van der Waals surface area (Å²) in [7, 11) is -3.47. The van der Waals surface area contributed by atoms with E-state index >= 15 is 0 Å². The maximum absolute atomic E-state index is 12.8. The fraction of sp³-hybridized carbons (Fsp3) is 0.435. The number of hydrogen-bond acceptors (Lipinski definition) is 7. The zero-order valence-corrected chi connectivity index (χ0v) is 20.3. The zero-order valence-electron chi connectivity index (χ0n) is 18.7. The van der Waals surface area contributed by atoms with Crippen molar-refractivity contribution in [2.45, 2.75) is 50.8 Å². The van der Waals surface area contributed by atoms with Gasteiger partial charge in [-0.3, -0.25) is 14.9 Å². The molecule has 10 heteroatoms. The second-order valence-corrected chi connectivity index (χ2v) is 11.2. The van der Waals surface area contributed by atoms with E-state index in [-0.39, 0.29) is 36.0 Å². The molecule has 1 aromatic heterocycles. The molecule has 1 aromatic carbocycles. The molecule has 1 aliphatic carbocycles. The highest BCUT2D eigenvalue weighted by Crippen LogP contribution is 2.39. The minimum atomic E-state index is -3.47. The van der Waals surface area contributed by atoms with Crippen molar-refractivity contribution in [3.63, 3.8) is 0 Å². The first-order chi connectivity index (χ1) is 15.7. The third-order valence-electron chi connectivity index (χ3n) is 5.40.